The van der Waals surface area contributed by atoms with Gasteiger partial charge in [0.15, 0.2) is 5.71 Å². The van der Waals surface area contributed by atoms with E-state index in [0.717, 1.165) is 5.56 Å². The predicted molar refractivity (Wildman–Crippen MR) is 151 cm³/mol. The Balaban J connectivity index is 1.26. The quantitative estimate of drug-likeness (QED) is 0.244. The van der Waals surface area contributed by atoms with Crippen LogP contribution in [0.25, 0.3) is 11.0 Å². The zero-order chi connectivity index (χ0) is 30.1. The molecule has 0 radical (unpaired) electrons. The lowest BCUT2D eigenvalue weighted by molar-refractivity contribution is -0.112. The summed E-state index contributed by atoms with van der Waals surface area (Å²) in [5.74, 6) is -1.12. The molecule has 0 atom stereocenters. The first kappa shape index (κ1) is 27.6. The van der Waals surface area contributed by atoms with Crippen molar-refractivity contribution in [2.45, 2.75) is 26.2 Å². The van der Waals surface area contributed by atoms with Crippen LogP contribution in [-0.4, -0.2) is 66.3 Å². The van der Waals surface area contributed by atoms with Crippen LogP contribution in [0.5, 0.6) is 0 Å². The van der Waals surface area contributed by atoms with E-state index in [9.17, 15) is 18.4 Å². The lowest BCUT2D eigenvalue weighted by atomic mass is 10.1. The number of hydrogen-bond donors (Lipinski definition) is 0. The number of rotatable bonds is 9. The van der Waals surface area contributed by atoms with E-state index >= 15 is 0 Å². The van der Waals surface area contributed by atoms with Gasteiger partial charge >= 0.3 is 0 Å². The number of carbonyl (C=O) groups is 2. The minimum Gasteiger partial charge on any atom is -0.390 e. The van der Waals surface area contributed by atoms with Crippen molar-refractivity contribution >= 4 is 34.2 Å². The molecular weight excluding hydrogens is 560 g/mol. The highest BCUT2D eigenvalue weighted by molar-refractivity contribution is 6.54. The Morgan fingerprint density at radius 1 is 1.00 bits per heavy atom. The fourth-order valence-electron chi connectivity index (χ4n) is 4.85. The van der Waals surface area contributed by atoms with Crippen LogP contribution in [0.1, 0.15) is 27.3 Å². The van der Waals surface area contributed by atoms with Crippen LogP contribution in [-0.2, 0) is 35.9 Å². The average molecular weight is 586 g/mol. The number of amides is 2. The molecule has 2 aromatic heterocycles. The highest BCUT2D eigenvalue weighted by Gasteiger charge is 2.36. The lowest BCUT2D eigenvalue weighted by Gasteiger charge is -2.18. The Morgan fingerprint density at radius 3 is 2.51 bits per heavy atom. The van der Waals surface area contributed by atoms with Crippen LogP contribution in [0.3, 0.4) is 0 Å². The third-order valence-electron chi connectivity index (χ3n) is 6.98. The Labute approximate surface area is 243 Å². The second kappa shape index (κ2) is 11.4. The van der Waals surface area contributed by atoms with Crippen molar-refractivity contribution in [2.24, 2.45) is 5.16 Å². The molecule has 0 fully saturated rings. The van der Waals surface area contributed by atoms with E-state index in [4.69, 9.17) is 4.84 Å². The number of fused-ring (bicyclic) bond motifs is 2. The summed E-state index contributed by atoms with van der Waals surface area (Å²) in [5, 5.41) is 15.3. The predicted octanol–water partition coefficient (Wildman–Crippen LogP) is 3.17. The van der Waals surface area contributed by atoms with Gasteiger partial charge in [-0.2, -0.15) is 0 Å². The zero-order valence-corrected chi connectivity index (χ0v) is 23.2. The van der Waals surface area contributed by atoms with E-state index in [1.54, 1.807) is 49.1 Å². The summed E-state index contributed by atoms with van der Waals surface area (Å²) in [6.07, 6.45) is 1.48. The fraction of sp³-hybridized carbons (Fsp3) is 0.207. The Morgan fingerprint density at radius 2 is 1.77 bits per heavy atom. The number of benzene rings is 3. The largest absolute Gasteiger partial charge is 0.390 e. The van der Waals surface area contributed by atoms with Gasteiger partial charge in [-0.15, -0.1) is 5.10 Å². The molecule has 12 nitrogen and oxygen atoms in total. The summed E-state index contributed by atoms with van der Waals surface area (Å²) < 4.78 is 31.8. The normalized spacial score (nSPS) is 13.6. The number of nitrogens with zero attached hydrogens (tertiary/aromatic N) is 9. The molecule has 218 valence electrons. The maximum absolute atomic E-state index is 14.3. The number of tetrazole rings is 1. The number of aryl methyl sites for hydroxylation is 2. The summed E-state index contributed by atoms with van der Waals surface area (Å²) >= 11 is 0. The van der Waals surface area contributed by atoms with Crippen LogP contribution in [0.2, 0.25) is 0 Å². The molecule has 0 N–H and O–H groups in total. The molecule has 2 amide bonds. The number of anilines is 1. The van der Waals surface area contributed by atoms with Gasteiger partial charge in [-0.05, 0) is 58.5 Å². The van der Waals surface area contributed by atoms with Gasteiger partial charge in [0, 0.05) is 37.8 Å². The maximum Gasteiger partial charge on any atom is 0.281 e. The number of halogens is 2. The Kier molecular flexibility index (Phi) is 7.32. The Bertz CT molecular complexity index is 1850. The molecule has 1 aliphatic rings. The van der Waals surface area contributed by atoms with Crippen molar-refractivity contribution in [1.29, 1.82) is 0 Å². The molecule has 0 aliphatic carbocycles. The first-order valence-electron chi connectivity index (χ1n) is 13.3. The zero-order valence-electron chi connectivity index (χ0n) is 23.2. The van der Waals surface area contributed by atoms with Crippen molar-refractivity contribution in [2.75, 3.05) is 19.0 Å². The standard InChI is InChI=1S/C29H25F2N9O3/c1-37(2)28(41)19-5-3-18(4-6-19)16-43-34-27-22-13-20(30)7-9-24(22)40(29(27)42)15-26-33-23-14-21(31)8-10-25(23)39(26)12-11-38-17-32-35-36-38/h3-10,13-14,17H,11-12,15-16H2,1-2H3/b34-27+. The number of aromatic nitrogens is 6. The van der Waals surface area contributed by atoms with E-state index in [1.165, 1.54) is 46.5 Å². The molecule has 0 bridgehead atoms. The van der Waals surface area contributed by atoms with E-state index < -0.39 is 17.5 Å². The average Bonchev–Trinajstić information content (AvgIpc) is 3.69. The molecule has 3 heterocycles. The maximum atomic E-state index is 14.3. The minimum absolute atomic E-state index is 0.00373. The topological polar surface area (TPSA) is 124 Å². The van der Waals surface area contributed by atoms with Gasteiger partial charge in [0.1, 0.15) is 30.4 Å². The molecule has 1 aliphatic heterocycles. The van der Waals surface area contributed by atoms with Crippen molar-refractivity contribution in [3.8, 4) is 0 Å². The van der Waals surface area contributed by atoms with Gasteiger partial charge in [-0.1, -0.05) is 17.3 Å². The third kappa shape index (κ3) is 5.54. The van der Waals surface area contributed by atoms with Crippen LogP contribution >= 0.6 is 0 Å². The molecule has 0 saturated carbocycles. The van der Waals surface area contributed by atoms with Crippen LogP contribution in [0, 0.1) is 11.6 Å². The number of hydrogen-bond acceptors (Lipinski definition) is 8. The summed E-state index contributed by atoms with van der Waals surface area (Å²) in [6.45, 7) is 0.827. The fourth-order valence-corrected chi connectivity index (χ4v) is 4.85. The van der Waals surface area contributed by atoms with Crippen molar-refractivity contribution in [3.05, 3.63) is 101 Å². The lowest BCUT2D eigenvalue weighted by Crippen LogP contribution is -2.31. The third-order valence-corrected chi connectivity index (χ3v) is 6.98. The highest BCUT2D eigenvalue weighted by Crippen LogP contribution is 2.32. The monoisotopic (exact) mass is 585 g/mol. The van der Waals surface area contributed by atoms with Gasteiger partial charge in [-0.3, -0.25) is 14.5 Å². The number of imidazole rings is 1. The molecule has 14 heteroatoms. The van der Waals surface area contributed by atoms with Gasteiger partial charge in [0.2, 0.25) is 0 Å². The van der Waals surface area contributed by atoms with Gasteiger partial charge in [0.05, 0.1) is 29.8 Å². The molecule has 0 spiro atoms. The van der Waals surface area contributed by atoms with Gasteiger partial charge < -0.3 is 14.3 Å². The first-order valence-corrected chi connectivity index (χ1v) is 13.3. The second-order valence-corrected chi connectivity index (χ2v) is 10.0. The van der Waals surface area contributed by atoms with E-state index in [-0.39, 0.29) is 30.3 Å². The first-order chi connectivity index (χ1) is 20.8. The molecule has 0 saturated heterocycles. The summed E-state index contributed by atoms with van der Waals surface area (Å²) in [5.41, 5.74) is 3.00. The molecular formula is C29H25F2N9O3. The van der Waals surface area contributed by atoms with E-state index in [2.05, 4.69) is 25.7 Å². The molecule has 0 unspecified atom stereocenters. The van der Waals surface area contributed by atoms with Crippen molar-refractivity contribution in [1.82, 2.24) is 34.7 Å². The second-order valence-electron chi connectivity index (χ2n) is 10.0. The minimum atomic E-state index is -0.536. The summed E-state index contributed by atoms with van der Waals surface area (Å²) in [7, 11) is 3.34. The molecule has 5 aromatic rings. The number of oxime groups is 1. The van der Waals surface area contributed by atoms with Crippen molar-refractivity contribution in [3.63, 3.8) is 0 Å². The van der Waals surface area contributed by atoms with Crippen molar-refractivity contribution < 1.29 is 23.2 Å². The highest BCUT2D eigenvalue weighted by atomic mass is 19.1. The smallest absolute Gasteiger partial charge is 0.281 e. The van der Waals surface area contributed by atoms with Crippen LogP contribution in [0.15, 0.2) is 72.1 Å². The van der Waals surface area contributed by atoms with E-state index in [0.29, 0.717) is 41.2 Å². The molecule has 43 heavy (non-hydrogen) atoms. The molecule has 3 aromatic carbocycles. The van der Waals surface area contributed by atoms with Crippen LogP contribution in [0.4, 0.5) is 14.5 Å². The summed E-state index contributed by atoms with van der Waals surface area (Å²) in [6, 6.07) is 15.1. The summed E-state index contributed by atoms with van der Waals surface area (Å²) in [4.78, 5) is 38.8. The Hall–Kier alpha value is -5.53. The molecule has 6 rings (SSSR count). The van der Waals surface area contributed by atoms with Crippen LogP contribution < -0.4 is 4.90 Å². The number of carbonyl (C=O) groups excluding carboxylic acids is 2. The van der Waals surface area contributed by atoms with Gasteiger partial charge in [0.25, 0.3) is 11.8 Å². The van der Waals surface area contributed by atoms with Gasteiger partial charge in [-0.25, -0.2) is 18.4 Å². The SMILES string of the molecule is CN(C)C(=O)c1ccc(CO/N=C2/C(=O)N(Cc3nc4cc(F)ccc4n3CCn3cnnn3)c3ccc(F)cc32)cc1. The van der Waals surface area contributed by atoms with E-state index in [1.807, 2.05) is 4.57 Å².